The molecule has 7 heteroatoms. The summed E-state index contributed by atoms with van der Waals surface area (Å²) in [6, 6.07) is 22.3. The van der Waals surface area contributed by atoms with Crippen LogP contribution in [0.1, 0.15) is 24.2 Å². The Morgan fingerprint density at radius 3 is 2.14 bits per heavy atom. The van der Waals surface area contributed by atoms with Crippen LogP contribution in [-0.2, 0) is 15.3 Å². The van der Waals surface area contributed by atoms with E-state index in [9.17, 15) is 15.8 Å². The van der Waals surface area contributed by atoms with E-state index in [-0.39, 0.29) is 0 Å². The fourth-order valence-corrected chi connectivity index (χ4v) is 4.74. The number of halogens is 1. The molecule has 1 N–H and O–H groups in total. The molecule has 2 aliphatic rings. The summed E-state index contributed by atoms with van der Waals surface area (Å²) < 4.78 is 13.2. The predicted molar refractivity (Wildman–Crippen MR) is 106 cm³/mol. The maximum Gasteiger partial charge on any atom is 0.244 e. The molecular weight excluding hydrogens is 432 g/mol. The third kappa shape index (κ3) is 2.19. The highest BCUT2D eigenvalue weighted by atomic mass is 79.9. The van der Waals surface area contributed by atoms with Gasteiger partial charge in [0.1, 0.15) is 6.10 Å². The van der Waals surface area contributed by atoms with E-state index < -0.39 is 34.5 Å². The van der Waals surface area contributed by atoms with Crippen LogP contribution in [0.25, 0.3) is 0 Å². The molecule has 2 aromatic rings. The predicted octanol–water partition coefficient (Wildman–Crippen LogP) is 4.56. The summed E-state index contributed by atoms with van der Waals surface area (Å²) in [5.41, 5.74) is -2.56. The molecule has 2 bridgehead atoms. The minimum atomic E-state index is -1.96. The number of ether oxygens (including phenoxy) is 2. The molecule has 2 aliphatic heterocycles. The molecule has 0 aliphatic carbocycles. The minimum absolute atomic E-state index is 0.418. The lowest BCUT2D eigenvalue weighted by molar-refractivity contribution is -0.288. The zero-order valence-electron chi connectivity index (χ0n) is 15.4. The molecular formula is C22H15BrN4O2. The average molecular weight is 447 g/mol. The summed E-state index contributed by atoms with van der Waals surface area (Å²) in [6.07, 6.45) is -1.09. The summed E-state index contributed by atoms with van der Waals surface area (Å²) in [5, 5.41) is 39.1. The largest absolute Gasteiger partial charge is 0.443 e. The Hall–Kier alpha value is -3.18. The van der Waals surface area contributed by atoms with Gasteiger partial charge in [0.2, 0.25) is 17.1 Å². The number of nitriles is 3. The van der Waals surface area contributed by atoms with Gasteiger partial charge in [0.25, 0.3) is 0 Å². The van der Waals surface area contributed by atoms with Crippen molar-refractivity contribution in [3.63, 3.8) is 0 Å². The second-order valence-corrected chi connectivity index (χ2v) is 8.10. The van der Waals surface area contributed by atoms with Gasteiger partial charge in [-0.1, -0.05) is 65.3 Å². The molecule has 142 valence electrons. The fraction of sp³-hybridized carbons (Fsp3) is 0.273. The Bertz CT molecular complexity index is 1100. The number of nitrogens with one attached hydrogen (secondary N) is 1. The molecule has 2 fully saturated rings. The van der Waals surface area contributed by atoms with Gasteiger partial charge in [0.15, 0.2) is 5.41 Å². The molecule has 4 unspecified atom stereocenters. The summed E-state index contributed by atoms with van der Waals surface area (Å²) in [7, 11) is 0. The lowest BCUT2D eigenvalue weighted by Gasteiger charge is -2.48. The first kappa shape index (κ1) is 19.2. The number of nitrogens with zero attached hydrogens (tertiary/aromatic N) is 3. The van der Waals surface area contributed by atoms with Crippen molar-refractivity contribution >= 4 is 21.8 Å². The maximum atomic E-state index is 10.2. The van der Waals surface area contributed by atoms with Crippen molar-refractivity contribution in [1.29, 1.82) is 21.2 Å². The molecule has 4 rings (SSSR count). The van der Waals surface area contributed by atoms with Crippen LogP contribution >= 0.6 is 15.9 Å². The van der Waals surface area contributed by atoms with E-state index in [1.54, 1.807) is 43.3 Å². The van der Waals surface area contributed by atoms with Crippen LogP contribution in [0, 0.1) is 56.2 Å². The van der Waals surface area contributed by atoms with Crippen molar-refractivity contribution in [2.45, 2.75) is 18.8 Å². The summed E-state index contributed by atoms with van der Waals surface area (Å²) in [4.78, 5) is 0. The Balaban J connectivity index is 2.04. The van der Waals surface area contributed by atoms with Crippen molar-refractivity contribution in [2.75, 3.05) is 0 Å². The van der Waals surface area contributed by atoms with Crippen molar-refractivity contribution in [1.82, 2.24) is 0 Å². The van der Waals surface area contributed by atoms with E-state index in [0.29, 0.717) is 11.1 Å². The molecule has 6 nitrogen and oxygen atoms in total. The quantitative estimate of drug-likeness (QED) is 0.725. The van der Waals surface area contributed by atoms with Crippen molar-refractivity contribution in [2.24, 2.45) is 16.7 Å². The highest BCUT2D eigenvalue weighted by Gasteiger charge is 2.79. The van der Waals surface area contributed by atoms with Crippen LogP contribution < -0.4 is 0 Å². The van der Waals surface area contributed by atoms with Gasteiger partial charge in [-0.25, -0.2) is 0 Å². The van der Waals surface area contributed by atoms with E-state index in [4.69, 9.17) is 14.9 Å². The van der Waals surface area contributed by atoms with E-state index >= 15 is 0 Å². The summed E-state index contributed by atoms with van der Waals surface area (Å²) in [6.45, 7) is 1.69. The molecule has 2 heterocycles. The third-order valence-corrected chi connectivity index (χ3v) is 6.55. The topological polar surface area (TPSA) is 114 Å². The molecule has 0 aromatic heterocycles. The second kappa shape index (κ2) is 6.42. The van der Waals surface area contributed by atoms with E-state index in [1.807, 2.05) is 30.3 Å². The standard InChI is InChI=1S/C22H15BrN4O2/c1-14-21(13-26)19(27)29-22(14,16-5-3-2-4-6-16)28-18(20(21,11-24)12-25)15-7-9-17(23)10-8-15/h2-10,14,18,27H,1H3. The molecule has 4 atom stereocenters. The smallest absolute Gasteiger partial charge is 0.244 e. The zero-order valence-corrected chi connectivity index (χ0v) is 17.0. The Morgan fingerprint density at radius 1 is 0.966 bits per heavy atom. The van der Waals surface area contributed by atoms with Crippen molar-refractivity contribution < 1.29 is 9.47 Å². The molecule has 0 spiro atoms. The monoisotopic (exact) mass is 446 g/mol. The highest BCUT2D eigenvalue weighted by Crippen LogP contribution is 2.68. The van der Waals surface area contributed by atoms with Crippen molar-refractivity contribution in [3.05, 3.63) is 70.2 Å². The molecule has 29 heavy (non-hydrogen) atoms. The number of fused-ring (bicyclic) bond motifs is 2. The minimum Gasteiger partial charge on any atom is -0.443 e. The van der Waals surface area contributed by atoms with E-state index in [2.05, 4.69) is 22.0 Å². The molecule has 2 aromatic carbocycles. The van der Waals surface area contributed by atoms with Crippen LogP contribution in [0.15, 0.2) is 59.1 Å². The number of benzene rings is 2. The second-order valence-electron chi connectivity index (χ2n) is 7.19. The number of hydrogen-bond donors (Lipinski definition) is 1. The van der Waals surface area contributed by atoms with Crippen LogP contribution in [0.2, 0.25) is 0 Å². The van der Waals surface area contributed by atoms with E-state index in [0.717, 1.165) is 4.47 Å². The first-order valence-corrected chi connectivity index (χ1v) is 9.71. The van der Waals surface area contributed by atoms with Gasteiger partial charge in [0, 0.05) is 10.0 Å². The molecule has 0 radical (unpaired) electrons. The zero-order chi connectivity index (χ0) is 20.9. The Kier molecular flexibility index (Phi) is 4.24. The van der Waals surface area contributed by atoms with Gasteiger partial charge < -0.3 is 9.47 Å². The number of rotatable bonds is 2. The third-order valence-electron chi connectivity index (χ3n) is 6.02. The van der Waals surface area contributed by atoms with Crippen molar-refractivity contribution in [3.8, 4) is 18.2 Å². The van der Waals surface area contributed by atoms with Crippen LogP contribution in [-0.4, -0.2) is 5.90 Å². The molecule has 0 amide bonds. The lowest BCUT2D eigenvalue weighted by Crippen LogP contribution is -2.57. The van der Waals surface area contributed by atoms with Gasteiger partial charge in [-0.15, -0.1) is 0 Å². The summed E-state index contributed by atoms with van der Waals surface area (Å²) in [5.74, 6) is -2.64. The average Bonchev–Trinajstić information content (AvgIpc) is 2.91. The van der Waals surface area contributed by atoms with Gasteiger partial charge in [0.05, 0.1) is 24.1 Å². The van der Waals surface area contributed by atoms with Gasteiger partial charge in [-0.3, -0.25) is 5.41 Å². The first-order chi connectivity index (χ1) is 13.9. The first-order valence-electron chi connectivity index (χ1n) is 8.92. The SMILES string of the molecule is CC1C2(c3ccccc3)OC(=N)C1(C#N)C(C#N)(C#N)C(c1ccc(Br)cc1)O2. The normalized spacial score (nSPS) is 31.8. The lowest BCUT2D eigenvalue weighted by atomic mass is 9.53. The maximum absolute atomic E-state index is 10.2. The van der Waals surface area contributed by atoms with Crippen LogP contribution in [0.5, 0.6) is 0 Å². The van der Waals surface area contributed by atoms with Gasteiger partial charge in [-0.05, 0) is 17.7 Å². The highest BCUT2D eigenvalue weighted by molar-refractivity contribution is 9.10. The molecule has 2 saturated heterocycles. The fourth-order valence-electron chi connectivity index (χ4n) is 4.48. The summed E-state index contributed by atoms with van der Waals surface area (Å²) >= 11 is 3.38. The number of hydrogen-bond acceptors (Lipinski definition) is 6. The van der Waals surface area contributed by atoms with Crippen LogP contribution in [0.4, 0.5) is 0 Å². The molecule has 0 saturated carbocycles. The Morgan fingerprint density at radius 2 is 1.59 bits per heavy atom. The van der Waals surface area contributed by atoms with Crippen LogP contribution in [0.3, 0.4) is 0 Å². The van der Waals surface area contributed by atoms with Gasteiger partial charge in [-0.2, -0.15) is 15.8 Å². The van der Waals surface area contributed by atoms with E-state index in [1.165, 1.54) is 0 Å². The Labute approximate surface area is 176 Å². The van der Waals surface area contributed by atoms with Gasteiger partial charge >= 0.3 is 0 Å².